The molecular formula is C9H15N3O2S. The number of aromatic amines is 1. The number of aliphatic hydroxyl groups is 1. The lowest BCUT2D eigenvalue weighted by atomic mass is 10.0. The summed E-state index contributed by atoms with van der Waals surface area (Å²) in [5, 5.41) is 13.1. The minimum absolute atomic E-state index is 0.437. The summed E-state index contributed by atoms with van der Waals surface area (Å²) in [4.78, 5) is 18.6. The number of rotatable bonds is 3. The minimum Gasteiger partial charge on any atom is -0.374 e. The third kappa shape index (κ3) is 2.15. The van der Waals surface area contributed by atoms with Crippen molar-refractivity contribution in [2.75, 3.05) is 13.3 Å². The van der Waals surface area contributed by atoms with Crippen molar-refractivity contribution >= 4 is 17.7 Å². The summed E-state index contributed by atoms with van der Waals surface area (Å²) in [5.74, 6) is 0.222. The van der Waals surface area contributed by atoms with Crippen LogP contribution in [0.15, 0.2) is 5.03 Å². The Morgan fingerprint density at radius 3 is 2.73 bits per heavy atom. The number of amides is 1. The van der Waals surface area contributed by atoms with Gasteiger partial charge < -0.3 is 15.4 Å². The first-order valence-corrected chi connectivity index (χ1v) is 5.71. The molecule has 1 aromatic rings. The molecule has 0 aliphatic carbocycles. The molecule has 1 aromatic heterocycles. The first-order chi connectivity index (χ1) is 6.93. The number of carbonyl (C=O) groups is 1. The summed E-state index contributed by atoms with van der Waals surface area (Å²) in [5.41, 5.74) is -1.14. The van der Waals surface area contributed by atoms with Crippen LogP contribution in [0.3, 0.4) is 0 Å². The summed E-state index contributed by atoms with van der Waals surface area (Å²) < 4.78 is 0. The molecule has 1 rings (SSSR count). The van der Waals surface area contributed by atoms with Gasteiger partial charge in [-0.3, -0.25) is 4.79 Å². The average Bonchev–Trinajstić information content (AvgIpc) is 2.58. The Morgan fingerprint density at radius 1 is 1.67 bits per heavy atom. The molecule has 3 N–H and O–H groups in total. The quantitative estimate of drug-likeness (QED) is 0.655. The number of likely N-dealkylation sites (N-methyl/N-ethyl adjacent to an activating group) is 1. The van der Waals surface area contributed by atoms with Gasteiger partial charge in [-0.15, -0.1) is 11.8 Å². The van der Waals surface area contributed by atoms with Crippen molar-refractivity contribution in [2.45, 2.75) is 24.5 Å². The molecule has 1 unspecified atom stereocenters. The highest BCUT2D eigenvalue weighted by molar-refractivity contribution is 7.98. The van der Waals surface area contributed by atoms with Gasteiger partial charge in [0.15, 0.2) is 5.60 Å². The van der Waals surface area contributed by atoms with Crippen LogP contribution in [-0.2, 0) is 10.4 Å². The van der Waals surface area contributed by atoms with Crippen molar-refractivity contribution in [2.24, 2.45) is 0 Å². The summed E-state index contributed by atoms with van der Waals surface area (Å²) >= 11 is 1.39. The van der Waals surface area contributed by atoms with Crippen molar-refractivity contribution in [3.05, 3.63) is 11.5 Å². The Bertz CT molecular complexity index is 373. The number of nitrogens with one attached hydrogen (secondary N) is 2. The lowest BCUT2D eigenvalue weighted by Gasteiger charge is -2.20. The van der Waals surface area contributed by atoms with Gasteiger partial charge in [0.1, 0.15) is 10.9 Å². The largest absolute Gasteiger partial charge is 0.374 e. The fourth-order valence-electron chi connectivity index (χ4n) is 1.31. The van der Waals surface area contributed by atoms with Crippen LogP contribution in [0.4, 0.5) is 0 Å². The number of imidazole rings is 1. The molecule has 0 saturated heterocycles. The zero-order valence-electron chi connectivity index (χ0n) is 9.21. The van der Waals surface area contributed by atoms with E-state index in [4.69, 9.17) is 0 Å². The maximum absolute atomic E-state index is 11.5. The van der Waals surface area contributed by atoms with E-state index in [-0.39, 0.29) is 0 Å². The third-order valence-corrected chi connectivity index (χ3v) is 2.82. The molecule has 0 aliphatic heterocycles. The topological polar surface area (TPSA) is 78.0 Å². The van der Waals surface area contributed by atoms with Crippen molar-refractivity contribution < 1.29 is 9.90 Å². The molecule has 6 heteroatoms. The Morgan fingerprint density at radius 2 is 2.27 bits per heavy atom. The SMILES string of the molecule is CNC(=O)C(C)(O)c1[nH]c(C)nc1SC. The Labute approximate surface area is 92.7 Å². The number of hydrogen-bond donors (Lipinski definition) is 3. The van der Waals surface area contributed by atoms with Crippen LogP contribution >= 0.6 is 11.8 Å². The van der Waals surface area contributed by atoms with Crippen LogP contribution in [0.5, 0.6) is 0 Å². The smallest absolute Gasteiger partial charge is 0.257 e. The normalized spacial score (nSPS) is 14.7. The molecule has 15 heavy (non-hydrogen) atoms. The van der Waals surface area contributed by atoms with Crippen molar-refractivity contribution in [1.29, 1.82) is 0 Å². The first kappa shape index (κ1) is 12.1. The maximum atomic E-state index is 11.5. The highest BCUT2D eigenvalue weighted by atomic mass is 32.2. The summed E-state index contributed by atoms with van der Waals surface area (Å²) in [7, 11) is 1.48. The Balaban J connectivity index is 3.19. The molecule has 0 saturated carbocycles. The van der Waals surface area contributed by atoms with Crippen LogP contribution < -0.4 is 5.32 Å². The molecule has 0 radical (unpaired) electrons. The molecule has 1 atom stereocenters. The maximum Gasteiger partial charge on any atom is 0.257 e. The van der Waals surface area contributed by atoms with Gasteiger partial charge in [-0.2, -0.15) is 0 Å². The number of H-pyrrole nitrogens is 1. The van der Waals surface area contributed by atoms with E-state index in [9.17, 15) is 9.90 Å². The lowest BCUT2D eigenvalue weighted by Crippen LogP contribution is -2.41. The predicted octanol–water partition coefficient (Wildman–Crippen LogP) is 0.394. The molecule has 0 spiro atoms. The second kappa shape index (κ2) is 4.24. The molecule has 84 valence electrons. The van der Waals surface area contributed by atoms with E-state index >= 15 is 0 Å². The fourth-order valence-corrected chi connectivity index (χ4v) is 1.99. The molecule has 1 amide bonds. The minimum atomic E-state index is -1.58. The van der Waals surface area contributed by atoms with Gasteiger partial charge in [0.05, 0.1) is 5.69 Å². The molecule has 5 nitrogen and oxygen atoms in total. The average molecular weight is 229 g/mol. The van der Waals surface area contributed by atoms with Crippen LogP contribution in [0, 0.1) is 6.92 Å². The molecule has 0 fully saturated rings. The second-order valence-corrected chi connectivity index (χ2v) is 4.15. The Hall–Kier alpha value is -1.01. The predicted molar refractivity (Wildman–Crippen MR) is 58.7 cm³/mol. The van der Waals surface area contributed by atoms with Gasteiger partial charge >= 0.3 is 0 Å². The van der Waals surface area contributed by atoms with Crippen LogP contribution in [0.1, 0.15) is 18.4 Å². The zero-order chi connectivity index (χ0) is 11.6. The number of carbonyl (C=O) groups excluding carboxylic acids is 1. The van der Waals surface area contributed by atoms with Crippen LogP contribution in [0.25, 0.3) is 0 Å². The van der Waals surface area contributed by atoms with Crippen molar-refractivity contribution in [1.82, 2.24) is 15.3 Å². The third-order valence-electron chi connectivity index (χ3n) is 2.14. The Kier molecular flexibility index (Phi) is 3.41. The lowest BCUT2D eigenvalue weighted by molar-refractivity contribution is -0.139. The second-order valence-electron chi connectivity index (χ2n) is 3.36. The number of aryl methyl sites for hydroxylation is 1. The van der Waals surface area contributed by atoms with E-state index in [2.05, 4.69) is 15.3 Å². The van der Waals surface area contributed by atoms with E-state index in [0.717, 1.165) is 0 Å². The van der Waals surface area contributed by atoms with E-state index in [1.54, 1.807) is 6.92 Å². The van der Waals surface area contributed by atoms with Crippen molar-refractivity contribution in [3.63, 3.8) is 0 Å². The molecule has 1 heterocycles. The van der Waals surface area contributed by atoms with Crippen molar-refractivity contribution in [3.8, 4) is 0 Å². The number of nitrogens with zero attached hydrogens (tertiary/aromatic N) is 1. The van der Waals surface area contributed by atoms with Gasteiger partial charge in [-0.05, 0) is 20.1 Å². The summed E-state index contributed by atoms with van der Waals surface area (Å²) in [6.07, 6.45) is 1.85. The van der Waals surface area contributed by atoms with E-state index in [0.29, 0.717) is 16.5 Å². The van der Waals surface area contributed by atoms with Gasteiger partial charge in [-0.1, -0.05) is 0 Å². The zero-order valence-corrected chi connectivity index (χ0v) is 10.0. The van der Waals surface area contributed by atoms with E-state index in [1.165, 1.54) is 25.7 Å². The standard InChI is InChI=1S/C9H15N3O2S/c1-5-11-6(7(12-5)15-4)9(2,14)8(13)10-3/h14H,1-4H3,(H,10,13)(H,11,12). The summed E-state index contributed by atoms with van der Waals surface area (Å²) in [6.45, 7) is 3.22. The fraction of sp³-hybridized carbons (Fsp3) is 0.556. The number of hydrogen-bond acceptors (Lipinski definition) is 4. The van der Waals surface area contributed by atoms with Gasteiger partial charge in [0.2, 0.25) is 0 Å². The van der Waals surface area contributed by atoms with Gasteiger partial charge in [0.25, 0.3) is 5.91 Å². The molecule has 0 bridgehead atoms. The highest BCUT2D eigenvalue weighted by Crippen LogP contribution is 2.28. The number of thioether (sulfide) groups is 1. The summed E-state index contributed by atoms with van der Waals surface area (Å²) in [6, 6.07) is 0. The highest BCUT2D eigenvalue weighted by Gasteiger charge is 2.36. The van der Waals surface area contributed by atoms with Crippen LogP contribution in [-0.4, -0.2) is 34.3 Å². The number of aromatic nitrogens is 2. The van der Waals surface area contributed by atoms with Gasteiger partial charge in [-0.25, -0.2) is 4.98 Å². The molecular weight excluding hydrogens is 214 g/mol. The molecule has 0 aliphatic rings. The van der Waals surface area contributed by atoms with E-state index < -0.39 is 11.5 Å². The van der Waals surface area contributed by atoms with E-state index in [1.807, 2.05) is 6.26 Å². The molecule has 0 aromatic carbocycles. The van der Waals surface area contributed by atoms with Crippen LogP contribution in [0.2, 0.25) is 0 Å². The van der Waals surface area contributed by atoms with Gasteiger partial charge in [0, 0.05) is 7.05 Å². The monoisotopic (exact) mass is 229 g/mol. The first-order valence-electron chi connectivity index (χ1n) is 4.49.